The summed E-state index contributed by atoms with van der Waals surface area (Å²) >= 11 is 0. The molecule has 250 valence electrons. The highest BCUT2D eigenvalue weighted by molar-refractivity contribution is 5.79. The maximum Gasteiger partial charge on any atom is 0.416 e. The van der Waals surface area contributed by atoms with E-state index < -0.39 is 22.9 Å². The quantitative estimate of drug-likeness (QED) is 0.424. The van der Waals surface area contributed by atoms with Crippen molar-refractivity contribution in [1.82, 2.24) is 20.0 Å². The van der Waals surface area contributed by atoms with E-state index in [-0.39, 0.29) is 30.1 Å². The lowest BCUT2D eigenvalue weighted by molar-refractivity contribution is -0.137. The Bertz CT molecular complexity index is 1190. The van der Waals surface area contributed by atoms with Gasteiger partial charge in [-0.2, -0.15) is 13.2 Å². The van der Waals surface area contributed by atoms with Gasteiger partial charge in [0, 0.05) is 64.1 Å². The zero-order valence-electron chi connectivity index (χ0n) is 26.7. The lowest BCUT2D eigenvalue weighted by atomic mass is 9.81. The van der Waals surface area contributed by atoms with Crippen LogP contribution < -0.4 is 5.32 Å². The van der Waals surface area contributed by atoms with Crippen molar-refractivity contribution in [2.24, 2.45) is 11.8 Å². The van der Waals surface area contributed by atoms with Crippen LogP contribution in [0, 0.1) is 11.8 Å². The molecule has 3 heterocycles. The number of carbonyl (C=O) groups excluding carboxylic acids is 3. The van der Waals surface area contributed by atoms with Gasteiger partial charge in [-0.3, -0.25) is 9.69 Å². The van der Waals surface area contributed by atoms with Gasteiger partial charge in [0.15, 0.2) is 0 Å². The van der Waals surface area contributed by atoms with Crippen molar-refractivity contribution in [3.8, 4) is 0 Å². The molecule has 3 aliphatic heterocycles. The maximum atomic E-state index is 13.0. The van der Waals surface area contributed by atoms with Crippen LogP contribution in [-0.2, 0) is 27.0 Å². The predicted octanol–water partition coefficient (Wildman–Crippen LogP) is 5.81. The largest absolute Gasteiger partial charge is 0.444 e. The molecule has 1 aliphatic carbocycles. The summed E-state index contributed by atoms with van der Waals surface area (Å²) in [7, 11) is 0. The number of benzene rings is 1. The molecule has 4 aliphatic rings. The molecule has 3 saturated heterocycles. The Balaban J connectivity index is 1.00. The molecule has 1 N–H and O–H groups in total. The van der Waals surface area contributed by atoms with Gasteiger partial charge in [0.05, 0.1) is 12.1 Å². The second-order valence-electron chi connectivity index (χ2n) is 14.4. The summed E-state index contributed by atoms with van der Waals surface area (Å²) in [6, 6.07) is 5.36. The number of likely N-dealkylation sites (tertiary alicyclic amines) is 2. The number of piperidine rings is 2. The van der Waals surface area contributed by atoms with E-state index in [2.05, 4.69) is 10.2 Å². The number of ether oxygens (including phenoxy) is 2. The smallest absolute Gasteiger partial charge is 0.416 e. The summed E-state index contributed by atoms with van der Waals surface area (Å²) in [6.45, 7) is 9.86. The first-order valence-corrected chi connectivity index (χ1v) is 16.3. The fourth-order valence-corrected chi connectivity index (χ4v) is 7.04. The summed E-state index contributed by atoms with van der Waals surface area (Å²) in [4.78, 5) is 43.9. The lowest BCUT2D eigenvalue weighted by Crippen LogP contribution is -2.49. The zero-order valence-corrected chi connectivity index (χ0v) is 26.7. The average molecular weight is 637 g/mol. The van der Waals surface area contributed by atoms with Crippen LogP contribution in [-0.4, -0.2) is 89.3 Å². The molecule has 9 nitrogen and oxygen atoms in total. The molecule has 12 heteroatoms. The number of carbonyl (C=O) groups is 3. The Hall–Kier alpha value is -3.02. The van der Waals surface area contributed by atoms with Crippen molar-refractivity contribution in [2.75, 3.05) is 39.3 Å². The Kier molecular flexibility index (Phi) is 9.91. The number of hydrogen-bond acceptors (Lipinski definition) is 6. The van der Waals surface area contributed by atoms with Crippen molar-refractivity contribution >= 4 is 18.1 Å². The van der Waals surface area contributed by atoms with Gasteiger partial charge in [0.2, 0.25) is 5.91 Å². The molecule has 45 heavy (non-hydrogen) atoms. The molecule has 0 radical (unpaired) electrons. The van der Waals surface area contributed by atoms with Gasteiger partial charge in [-0.15, -0.1) is 0 Å². The van der Waals surface area contributed by atoms with Crippen LogP contribution in [0.3, 0.4) is 0 Å². The fraction of sp³-hybridized carbons (Fsp3) is 0.727. The first-order valence-electron chi connectivity index (χ1n) is 16.3. The standard InChI is InChI=1S/C33H47F3N4O5/c1-31(2,3)44-29(42)39-16-12-27(13-17-39)37-28(41)25-8-4-24(5-9-25)21-40-22-32(45-30(40)43)14-18-38(19-15-32)20-23-6-10-26(11-7-23)33(34,35)36/h6-7,10-11,24-25,27H,4-5,8-9,12-22H2,1-3H3,(H,37,41). The summed E-state index contributed by atoms with van der Waals surface area (Å²) in [5.74, 6) is 0.385. The summed E-state index contributed by atoms with van der Waals surface area (Å²) in [6.07, 6.45) is 1.24. The molecule has 1 aromatic rings. The highest BCUT2D eigenvalue weighted by Gasteiger charge is 2.47. The number of nitrogens with zero attached hydrogens (tertiary/aromatic N) is 3. The van der Waals surface area contributed by atoms with Crippen LogP contribution in [0.15, 0.2) is 24.3 Å². The second-order valence-corrected chi connectivity index (χ2v) is 14.4. The average Bonchev–Trinajstić information content (AvgIpc) is 3.27. The Morgan fingerprint density at radius 2 is 1.58 bits per heavy atom. The molecule has 3 amide bonds. The lowest BCUT2D eigenvalue weighted by Gasteiger charge is -2.37. The van der Waals surface area contributed by atoms with E-state index in [1.54, 1.807) is 4.90 Å². The van der Waals surface area contributed by atoms with Crippen LogP contribution in [0.25, 0.3) is 0 Å². The monoisotopic (exact) mass is 636 g/mol. The molecule has 1 aromatic carbocycles. The zero-order chi connectivity index (χ0) is 32.4. The summed E-state index contributed by atoms with van der Waals surface area (Å²) in [5, 5.41) is 3.21. The predicted molar refractivity (Wildman–Crippen MR) is 161 cm³/mol. The van der Waals surface area contributed by atoms with E-state index in [9.17, 15) is 27.6 Å². The van der Waals surface area contributed by atoms with Gasteiger partial charge in [0.25, 0.3) is 0 Å². The summed E-state index contributed by atoms with van der Waals surface area (Å²) < 4.78 is 50.0. The highest BCUT2D eigenvalue weighted by Crippen LogP contribution is 2.37. The van der Waals surface area contributed by atoms with Gasteiger partial charge in [-0.1, -0.05) is 12.1 Å². The van der Waals surface area contributed by atoms with Crippen LogP contribution in [0.1, 0.15) is 83.3 Å². The van der Waals surface area contributed by atoms with Gasteiger partial charge in [-0.25, -0.2) is 9.59 Å². The van der Waals surface area contributed by atoms with Crippen molar-refractivity contribution in [2.45, 2.75) is 102 Å². The molecule has 0 atom stereocenters. The maximum absolute atomic E-state index is 13.0. The second kappa shape index (κ2) is 13.4. The molecule has 0 aromatic heterocycles. The van der Waals surface area contributed by atoms with E-state index in [0.29, 0.717) is 77.4 Å². The minimum Gasteiger partial charge on any atom is -0.444 e. The van der Waals surface area contributed by atoms with E-state index in [4.69, 9.17) is 9.47 Å². The molecule has 5 rings (SSSR count). The first-order chi connectivity index (χ1) is 21.2. The van der Waals surface area contributed by atoms with Gasteiger partial charge in [-0.05, 0) is 82.9 Å². The van der Waals surface area contributed by atoms with Crippen molar-refractivity contribution in [3.05, 3.63) is 35.4 Å². The SMILES string of the molecule is CC(C)(C)OC(=O)N1CCC(NC(=O)C2CCC(CN3CC4(CCN(Cc5ccc(C(F)(F)F)cc5)CC4)OC3=O)CC2)CC1. The minimum absolute atomic E-state index is 0.0315. The van der Waals surface area contributed by atoms with Crippen LogP contribution in [0.4, 0.5) is 22.8 Å². The number of alkyl halides is 3. The Morgan fingerprint density at radius 1 is 0.956 bits per heavy atom. The number of hydrogen-bond donors (Lipinski definition) is 1. The molecule has 1 saturated carbocycles. The van der Waals surface area contributed by atoms with Crippen LogP contribution >= 0.6 is 0 Å². The number of rotatable bonds is 6. The van der Waals surface area contributed by atoms with E-state index >= 15 is 0 Å². The minimum atomic E-state index is -4.34. The topological polar surface area (TPSA) is 91.4 Å². The Labute approximate surface area is 263 Å². The normalized spacial score (nSPS) is 24.9. The first kappa shape index (κ1) is 33.3. The van der Waals surface area contributed by atoms with E-state index in [0.717, 1.165) is 43.4 Å². The fourth-order valence-electron chi connectivity index (χ4n) is 7.04. The van der Waals surface area contributed by atoms with Crippen molar-refractivity contribution < 1.29 is 37.0 Å². The molecular weight excluding hydrogens is 589 g/mol. The molecule has 0 unspecified atom stereocenters. The number of amides is 3. The van der Waals surface area contributed by atoms with Crippen molar-refractivity contribution in [3.63, 3.8) is 0 Å². The molecule has 1 spiro atoms. The van der Waals surface area contributed by atoms with E-state index in [1.165, 1.54) is 12.1 Å². The third-order valence-corrected chi connectivity index (χ3v) is 9.68. The van der Waals surface area contributed by atoms with Crippen LogP contribution in [0.2, 0.25) is 0 Å². The van der Waals surface area contributed by atoms with Gasteiger partial charge in [0.1, 0.15) is 11.2 Å². The van der Waals surface area contributed by atoms with E-state index in [1.807, 2.05) is 25.7 Å². The van der Waals surface area contributed by atoms with Crippen molar-refractivity contribution in [1.29, 1.82) is 0 Å². The van der Waals surface area contributed by atoms with Crippen LogP contribution in [0.5, 0.6) is 0 Å². The molecule has 4 fully saturated rings. The third kappa shape index (κ3) is 8.83. The molecule has 0 bridgehead atoms. The van der Waals surface area contributed by atoms with Gasteiger partial charge < -0.3 is 24.6 Å². The number of halogens is 3. The third-order valence-electron chi connectivity index (χ3n) is 9.68. The highest BCUT2D eigenvalue weighted by atomic mass is 19.4. The Morgan fingerprint density at radius 3 is 2.16 bits per heavy atom. The molecular formula is C33H47F3N4O5. The number of nitrogens with one attached hydrogen (secondary N) is 1. The van der Waals surface area contributed by atoms with Gasteiger partial charge >= 0.3 is 18.4 Å². The summed E-state index contributed by atoms with van der Waals surface area (Å²) in [5.41, 5.74) is -0.855.